The van der Waals surface area contributed by atoms with Crippen molar-refractivity contribution in [1.82, 2.24) is 0 Å². The molecule has 2 heterocycles. The van der Waals surface area contributed by atoms with Gasteiger partial charge in [0.2, 0.25) is 0 Å². The van der Waals surface area contributed by atoms with Crippen LogP contribution in [0.5, 0.6) is 0 Å². The van der Waals surface area contributed by atoms with Crippen LogP contribution in [0.1, 0.15) is 65.8 Å². The third kappa shape index (κ3) is 4.24. The van der Waals surface area contributed by atoms with Crippen LogP contribution in [0.25, 0.3) is 0 Å². The molecule has 0 amide bonds. The van der Waals surface area contributed by atoms with Crippen molar-refractivity contribution in [1.29, 1.82) is 0 Å². The van der Waals surface area contributed by atoms with E-state index in [1.165, 1.54) is 110 Å². The first kappa shape index (κ1) is 26.4. The lowest BCUT2D eigenvalue weighted by Crippen LogP contribution is -2.61. The molecule has 0 bridgehead atoms. The number of rotatable bonds is 3. The van der Waals surface area contributed by atoms with Crippen LogP contribution in [-0.2, 0) is 0 Å². The largest absolute Gasteiger partial charge is 0.311 e. The molecular weight excluding hydrogens is 519 g/mol. The summed E-state index contributed by atoms with van der Waals surface area (Å²) >= 11 is 0. The van der Waals surface area contributed by atoms with Crippen LogP contribution in [-0.4, -0.2) is 6.71 Å². The first-order chi connectivity index (χ1) is 21.0. The zero-order chi connectivity index (χ0) is 29.2. The number of anilines is 6. The minimum Gasteiger partial charge on any atom is -0.311 e. The van der Waals surface area contributed by atoms with Crippen molar-refractivity contribution in [2.45, 2.75) is 65.7 Å². The summed E-state index contributed by atoms with van der Waals surface area (Å²) in [6.45, 7) is 9.07. The van der Waals surface area contributed by atoms with Crippen molar-refractivity contribution in [3.8, 4) is 0 Å². The quantitative estimate of drug-likeness (QED) is 0.200. The highest BCUT2D eigenvalue weighted by Gasteiger charge is 2.44. The van der Waals surface area contributed by atoms with Crippen LogP contribution < -0.4 is 26.2 Å². The van der Waals surface area contributed by atoms with Crippen LogP contribution in [0.15, 0.2) is 97.1 Å². The van der Waals surface area contributed by atoms with Gasteiger partial charge in [-0.2, -0.15) is 0 Å². The Hall–Kier alpha value is -4.24. The highest BCUT2D eigenvalue weighted by molar-refractivity contribution is 7.00. The van der Waals surface area contributed by atoms with Gasteiger partial charge in [0.15, 0.2) is 0 Å². The second-order valence-corrected chi connectivity index (χ2v) is 13.2. The number of para-hydroxylation sites is 1. The fourth-order valence-corrected chi connectivity index (χ4v) is 7.97. The van der Waals surface area contributed by atoms with Gasteiger partial charge >= 0.3 is 0 Å². The number of fused-ring (bicyclic) bond motifs is 4. The lowest BCUT2D eigenvalue weighted by molar-refractivity contribution is 0.444. The van der Waals surface area contributed by atoms with Crippen molar-refractivity contribution in [2.24, 2.45) is 0 Å². The summed E-state index contributed by atoms with van der Waals surface area (Å²) in [5.74, 6) is 0.602. The molecular formula is C40H39BN2. The molecule has 212 valence electrons. The third-order valence-electron chi connectivity index (χ3n) is 10.1. The smallest absolute Gasteiger partial charge is 0.252 e. The zero-order valence-electron chi connectivity index (χ0n) is 25.8. The van der Waals surface area contributed by atoms with Crippen LogP contribution in [0, 0.1) is 27.7 Å². The molecule has 5 aromatic carbocycles. The SMILES string of the molecule is Cc1ccc(N2c3cc(C)ccc3B3c4cc(C)ccc4N(c4ccccc4C)c4cc(C5CCCCC5)cc2c43)cc1. The maximum Gasteiger partial charge on any atom is 0.252 e. The van der Waals surface area contributed by atoms with Crippen LogP contribution in [0.4, 0.5) is 34.1 Å². The normalized spacial score (nSPS) is 15.7. The van der Waals surface area contributed by atoms with Crippen molar-refractivity contribution >= 4 is 57.2 Å². The summed E-state index contributed by atoms with van der Waals surface area (Å²) in [4.78, 5) is 5.15. The molecule has 0 spiro atoms. The van der Waals surface area contributed by atoms with E-state index >= 15 is 0 Å². The molecule has 0 atom stereocenters. The molecule has 2 nitrogen and oxygen atoms in total. The molecule has 1 fully saturated rings. The molecule has 43 heavy (non-hydrogen) atoms. The molecule has 3 aliphatic rings. The molecule has 0 N–H and O–H groups in total. The zero-order valence-corrected chi connectivity index (χ0v) is 25.8. The first-order valence-corrected chi connectivity index (χ1v) is 16.1. The van der Waals surface area contributed by atoms with Gasteiger partial charge in [-0.1, -0.05) is 85.0 Å². The Morgan fingerprint density at radius 3 is 1.98 bits per heavy atom. The molecule has 5 aromatic rings. The average molecular weight is 559 g/mol. The predicted molar refractivity (Wildman–Crippen MR) is 185 cm³/mol. The van der Waals surface area contributed by atoms with E-state index in [0.29, 0.717) is 5.92 Å². The van der Waals surface area contributed by atoms with Gasteiger partial charge in [0, 0.05) is 34.1 Å². The summed E-state index contributed by atoms with van der Waals surface area (Å²) in [5.41, 5.74) is 18.7. The number of benzene rings is 5. The minimum absolute atomic E-state index is 0.179. The molecule has 0 aromatic heterocycles. The van der Waals surface area contributed by atoms with Crippen LogP contribution in [0.2, 0.25) is 0 Å². The molecule has 0 unspecified atom stereocenters. The van der Waals surface area contributed by atoms with Crippen molar-refractivity contribution in [2.75, 3.05) is 9.80 Å². The number of aryl methyl sites for hydroxylation is 4. The van der Waals surface area contributed by atoms with E-state index in [4.69, 9.17) is 0 Å². The van der Waals surface area contributed by atoms with Crippen LogP contribution in [0.3, 0.4) is 0 Å². The Labute approximate surface area is 257 Å². The monoisotopic (exact) mass is 558 g/mol. The van der Waals surface area contributed by atoms with E-state index in [0.717, 1.165) is 0 Å². The van der Waals surface area contributed by atoms with Gasteiger partial charge in [-0.05, 0) is 122 Å². The lowest BCUT2D eigenvalue weighted by atomic mass is 9.33. The highest BCUT2D eigenvalue weighted by Crippen LogP contribution is 2.47. The van der Waals surface area contributed by atoms with Gasteiger partial charge in [0.25, 0.3) is 6.71 Å². The van der Waals surface area contributed by atoms with E-state index in [-0.39, 0.29) is 6.71 Å². The second-order valence-electron chi connectivity index (χ2n) is 13.2. The summed E-state index contributed by atoms with van der Waals surface area (Å²) in [6, 6.07) is 37.4. The summed E-state index contributed by atoms with van der Waals surface area (Å²) in [7, 11) is 0. The predicted octanol–water partition coefficient (Wildman–Crippen LogP) is 9.05. The van der Waals surface area contributed by atoms with E-state index in [1.54, 1.807) is 0 Å². The number of hydrogen-bond acceptors (Lipinski definition) is 2. The second kappa shape index (κ2) is 10.2. The molecule has 3 heteroatoms. The maximum absolute atomic E-state index is 2.58. The van der Waals surface area contributed by atoms with Crippen molar-refractivity contribution < 1.29 is 0 Å². The fraction of sp³-hybridized carbons (Fsp3) is 0.250. The molecule has 8 rings (SSSR count). The standard InChI is InChI=1S/C40H39BN2/c1-26-14-18-32(19-15-26)42-37-23-28(3)16-20-33(37)41-34-22-27(2)17-21-36(34)43(35-13-9-8-10-29(35)4)39-25-31(24-38(42)40(39)41)30-11-6-5-7-12-30/h8-10,13-25,30H,5-7,11-12H2,1-4H3. The Kier molecular flexibility index (Phi) is 6.26. The Bertz CT molecular complexity index is 1870. The molecule has 1 aliphatic carbocycles. The first-order valence-electron chi connectivity index (χ1n) is 16.1. The highest BCUT2D eigenvalue weighted by atomic mass is 15.2. The Balaban J connectivity index is 1.49. The summed E-state index contributed by atoms with van der Waals surface area (Å²) in [6.07, 6.45) is 6.57. The Morgan fingerprint density at radius 2 is 1.21 bits per heavy atom. The average Bonchev–Trinajstić information content (AvgIpc) is 3.02. The van der Waals surface area contributed by atoms with Gasteiger partial charge in [-0.3, -0.25) is 0 Å². The van der Waals surface area contributed by atoms with Crippen molar-refractivity contribution in [3.63, 3.8) is 0 Å². The van der Waals surface area contributed by atoms with Gasteiger partial charge < -0.3 is 9.80 Å². The molecule has 0 saturated heterocycles. The van der Waals surface area contributed by atoms with E-state index in [2.05, 4.69) is 135 Å². The summed E-state index contributed by atoms with van der Waals surface area (Å²) < 4.78 is 0. The van der Waals surface area contributed by atoms with E-state index in [9.17, 15) is 0 Å². The minimum atomic E-state index is 0.179. The summed E-state index contributed by atoms with van der Waals surface area (Å²) in [5, 5.41) is 0. The number of nitrogens with zero attached hydrogens (tertiary/aromatic N) is 2. The van der Waals surface area contributed by atoms with Gasteiger partial charge in [0.05, 0.1) is 0 Å². The van der Waals surface area contributed by atoms with Gasteiger partial charge in [-0.15, -0.1) is 0 Å². The maximum atomic E-state index is 2.58. The fourth-order valence-electron chi connectivity index (χ4n) is 7.97. The van der Waals surface area contributed by atoms with E-state index < -0.39 is 0 Å². The molecule has 2 aliphatic heterocycles. The van der Waals surface area contributed by atoms with E-state index in [1.807, 2.05) is 0 Å². The molecule has 0 radical (unpaired) electrons. The number of hydrogen-bond donors (Lipinski definition) is 0. The van der Waals surface area contributed by atoms with Crippen molar-refractivity contribution in [3.05, 3.63) is 125 Å². The lowest BCUT2D eigenvalue weighted by Gasteiger charge is -2.45. The third-order valence-corrected chi connectivity index (χ3v) is 10.1. The van der Waals surface area contributed by atoms with Crippen LogP contribution >= 0.6 is 0 Å². The molecule has 1 saturated carbocycles. The van der Waals surface area contributed by atoms with Gasteiger partial charge in [0.1, 0.15) is 0 Å². The topological polar surface area (TPSA) is 6.48 Å². The Morgan fingerprint density at radius 1 is 0.535 bits per heavy atom. The van der Waals surface area contributed by atoms with Gasteiger partial charge in [-0.25, -0.2) is 0 Å².